The highest BCUT2D eigenvalue weighted by atomic mass is 32.2. The number of alkyl halides is 3. The van der Waals surface area contributed by atoms with Crippen molar-refractivity contribution in [3.8, 4) is 0 Å². The maximum absolute atomic E-state index is 12.6. The standard InChI is InChI=1S/C13H25F3N2O2S/c1-2-21(19,20)9-3-4-12(18-17)10-5-7-11(8-6-10)13(14,15)16/h10-12,18H,2-9,17H2,1H3. The Morgan fingerprint density at radius 1 is 1.24 bits per heavy atom. The number of nitrogens with two attached hydrogens (primary N) is 1. The second kappa shape index (κ2) is 7.78. The van der Waals surface area contributed by atoms with Crippen molar-refractivity contribution in [2.24, 2.45) is 17.7 Å². The molecule has 21 heavy (non-hydrogen) atoms. The molecule has 0 heterocycles. The summed E-state index contributed by atoms with van der Waals surface area (Å²) in [7, 11) is -3.00. The van der Waals surface area contributed by atoms with E-state index in [1.54, 1.807) is 6.92 Å². The summed E-state index contributed by atoms with van der Waals surface area (Å²) in [5.41, 5.74) is 2.65. The minimum absolute atomic E-state index is 0.0953. The van der Waals surface area contributed by atoms with Crippen LogP contribution in [0.5, 0.6) is 0 Å². The molecule has 0 saturated heterocycles. The van der Waals surface area contributed by atoms with Gasteiger partial charge in [-0.1, -0.05) is 6.92 Å². The first-order valence-electron chi connectivity index (χ1n) is 7.43. The molecular weight excluding hydrogens is 305 g/mol. The molecule has 1 fully saturated rings. The van der Waals surface area contributed by atoms with Gasteiger partial charge in [0.1, 0.15) is 9.84 Å². The van der Waals surface area contributed by atoms with Crippen LogP contribution in [0.3, 0.4) is 0 Å². The van der Waals surface area contributed by atoms with Crippen molar-refractivity contribution in [2.45, 2.75) is 57.7 Å². The van der Waals surface area contributed by atoms with Crippen LogP contribution in [-0.2, 0) is 9.84 Å². The highest BCUT2D eigenvalue weighted by molar-refractivity contribution is 7.91. The van der Waals surface area contributed by atoms with Crippen molar-refractivity contribution < 1.29 is 21.6 Å². The summed E-state index contributed by atoms with van der Waals surface area (Å²) in [6.45, 7) is 1.60. The van der Waals surface area contributed by atoms with E-state index >= 15 is 0 Å². The van der Waals surface area contributed by atoms with Gasteiger partial charge in [-0.25, -0.2) is 8.42 Å². The number of nitrogens with one attached hydrogen (secondary N) is 1. The molecule has 0 radical (unpaired) electrons. The van der Waals surface area contributed by atoms with Crippen molar-refractivity contribution in [1.82, 2.24) is 5.43 Å². The predicted molar refractivity (Wildman–Crippen MR) is 76.2 cm³/mol. The Hall–Kier alpha value is -0.340. The number of hydrogen-bond donors (Lipinski definition) is 2. The van der Waals surface area contributed by atoms with Crippen molar-refractivity contribution in [3.05, 3.63) is 0 Å². The molecule has 3 N–H and O–H groups in total. The fraction of sp³-hybridized carbons (Fsp3) is 1.00. The summed E-state index contributed by atoms with van der Waals surface area (Å²) >= 11 is 0. The van der Waals surface area contributed by atoms with Crippen LogP contribution in [0.4, 0.5) is 13.2 Å². The first-order valence-corrected chi connectivity index (χ1v) is 9.25. The van der Waals surface area contributed by atoms with E-state index in [4.69, 9.17) is 5.84 Å². The quantitative estimate of drug-likeness (QED) is 0.555. The van der Waals surface area contributed by atoms with Crippen molar-refractivity contribution in [3.63, 3.8) is 0 Å². The molecule has 0 bridgehead atoms. The van der Waals surface area contributed by atoms with Gasteiger partial charge in [-0.15, -0.1) is 0 Å². The summed E-state index contributed by atoms with van der Waals surface area (Å²) < 4.78 is 60.7. The van der Waals surface area contributed by atoms with Gasteiger partial charge < -0.3 is 0 Å². The van der Waals surface area contributed by atoms with Crippen LogP contribution in [0, 0.1) is 11.8 Å². The lowest BCUT2D eigenvalue weighted by molar-refractivity contribution is -0.184. The predicted octanol–water partition coefficient (Wildman–Crippen LogP) is 2.40. The lowest BCUT2D eigenvalue weighted by Crippen LogP contribution is -2.43. The van der Waals surface area contributed by atoms with E-state index in [1.807, 2.05) is 0 Å². The van der Waals surface area contributed by atoms with Crippen LogP contribution < -0.4 is 11.3 Å². The maximum atomic E-state index is 12.6. The Morgan fingerprint density at radius 3 is 2.24 bits per heavy atom. The molecule has 0 amide bonds. The molecule has 126 valence electrons. The summed E-state index contributed by atoms with van der Waals surface area (Å²) in [5.74, 6) is 4.60. The largest absolute Gasteiger partial charge is 0.391 e. The van der Waals surface area contributed by atoms with Crippen molar-refractivity contribution in [2.75, 3.05) is 11.5 Å². The van der Waals surface area contributed by atoms with E-state index in [-0.39, 0.29) is 36.3 Å². The van der Waals surface area contributed by atoms with Gasteiger partial charge in [0, 0.05) is 11.8 Å². The normalized spacial score (nSPS) is 25.8. The van der Waals surface area contributed by atoms with E-state index < -0.39 is 21.9 Å². The van der Waals surface area contributed by atoms with Gasteiger partial charge in [0.2, 0.25) is 0 Å². The van der Waals surface area contributed by atoms with E-state index in [0.717, 1.165) is 0 Å². The molecule has 4 nitrogen and oxygen atoms in total. The number of sulfone groups is 1. The third-order valence-corrected chi connectivity index (χ3v) is 6.22. The third-order valence-electron chi connectivity index (χ3n) is 4.43. The first-order chi connectivity index (χ1) is 9.69. The van der Waals surface area contributed by atoms with Crippen LogP contribution in [0.1, 0.15) is 45.4 Å². The molecule has 8 heteroatoms. The Labute approximate surface area is 124 Å². The second-order valence-corrected chi connectivity index (χ2v) is 8.28. The lowest BCUT2D eigenvalue weighted by Gasteiger charge is -2.34. The summed E-state index contributed by atoms with van der Waals surface area (Å²) in [4.78, 5) is 0. The molecule has 1 rings (SSSR count). The number of rotatable bonds is 7. The highest BCUT2D eigenvalue weighted by Gasteiger charge is 2.42. The fourth-order valence-corrected chi connectivity index (χ4v) is 3.87. The van der Waals surface area contributed by atoms with Gasteiger partial charge >= 0.3 is 6.18 Å². The molecule has 0 aromatic carbocycles. The Balaban J connectivity index is 2.41. The summed E-state index contributed by atoms with van der Waals surface area (Å²) in [6, 6.07) is -0.105. The third kappa shape index (κ3) is 6.12. The molecule has 0 aromatic rings. The Bertz CT molecular complexity index is 404. The van der Waals surface area contributed by atoms with E-state index in [2.05, 4.69) is 5.43 Å². The topological polar surface area (TPSA) is 72.2 Å². The molecular formula is C13H25F3N2O2S. The van der Waals surface area contributed by atoms with Crippen LogP contribution in [0.2, 0.25) is 0 Å². The molecule has 1 unspecified atom stereocenters. The smallest absolute Gasteiger partial charge is 0.271 e. The zero-order chi connectivity index (χ0) is 16.1. The second-order valence-electron chi connectivity index (χ2n) is 5.81. The van der Waals surface area contributed by atoms with Gasteiger partial charge in [0.05, 0.1) is 11.7 Å². The van der Waals surface area contributed by atoms with E-state index in [0.29, 0.717) is 25.7 Å². The van der Waals surface area contributed by atoms with Gasteiger partial charge in [-0.3, -0.25) is 11.3 Å². The average molecular weight is 330 g/mol. The molecule has 1 aliphatic rings. The molecule has 1 atom stereocenters. The lowest BCUT2D eigenvalue weighted by atomic mass is 9.77. The van der Waals surface area contributed by atoms with Crippen LogP contribution in [0.15, 0.2) is 0 Å². The van der Waals surface area contributed by atoms with Gasteiger partial charge in [0.25, 0.3) is 0 Å². The SMILES string of the molecule is CCS(=O)(=O)CCCC(NN)C1CCC(C(F)(F)F)CC1. The highest BCUT2D eigenvalue weighted by Crippen LogP contribution is 2.40. The molecule has 0 aromatic heterocycles. The number of hydrogen-bond acceptors (Lipinski definition) is 4. The molecule has 0 aliphatic heterocycles. The Kier molecular flexibility index (Phi) is 6.93. The first kappa shape index (κ1) is 18.7. The zero-order valence-corrected chi connectivity index (χ0v) is 13.1. The minimum Gasteiger partial charge on any atom is -0.271 e. The maximum Gasteiger partial charge on any atom is 0.391 e. The van der Waals surface area contributed by atoms with Crippen molar-refractivity contribution >= 4 is 9.84 Å². The molecule has 1 aliphatic carbocycles. The minimum atomic E-state index is -4.11. The zero-order valence-electron chi connectivity index (χ0n) is 12.3. The summed E-state index contributed by atoms with van der Waals surface area (Å²) in [5, 5.41) is 0. The van der Waals surface area contributed by atoms with E-state index in [9.17, 15) is 21.6 Å². The van der Waals surface area contributed by atoms with E-state index in [1.165, 1.54) is 0 Å². The monoisotopic (exact) mass is 330 g/mol. The number of hydrazine groups is 1. The number of halogens is 3. The average Bonchev–Trinajstić information content (AvgIpc) is 2.43. The fourth-order valence-electron chi connectivity index (χ4n) is 2.97. The van der Waals surface area contributed by atoms with Gasteiger partial charge in [0.15, 0.2) is 0 Å². The van der Waals surface area contributed by atoms with Crippen LogP contribution in [0.25, 0.3) is 0 Å². The van der Waals surface area contributed by atoms with Crippen LogP contribution >= 0.6 is 0 Å². The van der Waals surface area contributed by atoms with Gasteiger partial charge in [-0.2, -0.15) is 13.2 Å². The molecule has 0 spiro atoms. The van der Waals surface area contributed by atoms with Crippen LogP contribution in [-0.4, -0.2) is 32.1 Å². The van der Waals surface area contributed by atoms with Crippen molar-refractivity contribution in [1.29, 1.82) is 0 Å². The van der Waals surface area contributed by atoms with Gasteiger partial charge in [-0.05, 0) is 44.4 Å². The Morgan fingerprint density at radius 2 is 1.81 bits per heavy atom. The summed E-state index contributed by atoms with van der Waals surface area (Å²) in [6.07, 6.45) is -1.79. The molecule has 1 saturated carbocycles.